The van der Waals surface area contributed by atoms with Crippen LogP contribution < -0.4 is 5.32 Å². The SMILES string of the molecule is Cn1cnnc1-c1c(-c2ccccc2)ccc(F)c1-c1nc2cc(NCCC3CCCC3)cc(C(F)(F)F)c2o1. The Morgan fingerprint density at radius 2 is 1.80 bits per heavy atom. The fourth-order valence-corrected chi connectivity index (χ4v) is 5.56. The van der Waals surface area contributed by atoms with Crippen molar-refractivity contribution >= 4 is 16.8 Å². The fourth-order valence-electron chi connectivity index (χ4n) is 5.56. The summed E-state index contributed by atoms with van der Waals surface area (Å²) < 4.78 is 65.5. The van der Waals surface area contributed by atoms with Crippen molar-refractivity contribution in [2.75, 3.05) is 11.9 Å². The van der Waals surface area contributed by atoms with E-state index < -0.39 is 23.1 Å². The highest BCUT2D eigenvalue weighted by Crippen LogP contribution is 2.44. The van der Waals surface area contributed by atoms with Gasteiger partial charge >= 0.3 is 6.18 Å². The van der Waals surface area contributed by atoms with Crippen LogP contribution in [0.25, 0.3) is 45.1 Å². The molecule has 0 atom stereocenters. The number of oxazole rings is 1. The summed E-state index contributed by atoms with van der Waals surface area (Å²) in [6, 6.07) is 14.7. The molecule has 1 saturated carbocycles. The first-order chi connectivity index (χ1) is 19.3. The zero-order valence-corrected chi connectivity index (χ0v) is 21.8. The lowest BCUT2D eigenvalue weighted by Gasteiger charge is -2.14. The van der Waals surface area contributed by atoms with Crippen molar-refractivity contribution < 1.29 is 22.0 Å². The Morgan fingerprint density at radius 3 is 2.50 bits per heavy atom. The highest BCUT2D eigenvalue weighted by atomic mass is 19.4. The molecule has 40 heavy (non-hydrogen) atoms. The third-order valence-electron chi connectivity index (χ3n) is 7.54. The van der Waals surface area contributed by atoms with E-state index in [9.17, 15) is 13.2 Å². The van der Waals surface area contributed by atoms with Crippen LogP contribution in [-0.4, -0.2) is 26.3 Å². The predicted molar refractivity (Wildman–Crippen MR) is 145 cm³/mol. The van der Waals surface area contributed by atoms with Gasteiger partial charge in [0.2, 0.25) is 5.89 Å². The van der Waals surface area contributed by atoms with E-state index in [0.717, 1.165) is 30.9 Å². The number of hydrogen-bond acceptors (Lipinski definition) is 5. The Kier molecular flexibility index (Phi) is 6.77. The molecule has 6 rings (SSSR count). The molecule has 2 aromatic heterocycles. The van der Waals surface area contributed by atoms with Crippen molar-refractivity contribution in [3.05, 3.63) is 72.3 Å². The summed E-state index contributed by atoms with van der Waals surface area (Å²) in [5.41, 5.74) is 0.484. The third kappa shape index (κ3) is 4.94. The van der Waals surface area contributed by atoms with Gasteiger partial charge < -0.3 is 14.3 Å². The van der Waals surface area contributed by atoms with Gasteiger partial charge in [0.05, 0.1) is 5.56 Å². The standard InChI is InChI=1S/C30H27F4N5O/c1-39-17-36-38-28(39)25-21(19-9-3-2-4-10-19)11-12-23(31)26(25)29-37-24-16-20(35-14-13-18-7-5-6-8-18)15-22(27(24)40-29)30(32,33)34/h2-4,9-12,15-18,35H,5-8,13-14H2,1H3. The Morgan fingerprint density at radius 1 is 1.02 bits per heavy atom. The number of nitrogens with one attached hydrogen (secondary N) is 1. The molecule has 5 aromatic rings. The molecule has 0 radical (unpaired) electrons. The molecule has 1 fully saturated rings. The minimum absolute atomic E-state index is 0.0124. The number of benzene rings is 3. The van der Waals surface area contributed by atoms with Crippen molar-refractivity contribution in [2.45, 2.75) is 38.3 Å². The number of halogens is 4. The Balaban J connectivity index is 1.50. The lowest BCUT2D eigenvalue weighted by Crippen LogP contribution is -2.09. The first-order valence-electron chi connectivity index (χ1n) is 13.3. The molecule has 10 heteroatoms. The summed E-state index contributed by atoms with van der Waals surface area (Å²) in [6.45, 7) is 0.558. The van der Waals surface area contributed by atoms with E-state index in [1.165, 1.54) is 31.3 Å². The largest absolute Gasteiger partial charge is 0.435 e. The second-order valence-electron chi connectivity index (χ2n) is 10.2. The average molecular weight is 550 g/mol. The van der Waals surface area contributed by atoms with Gasteiger partial charge in [-0.2, -0.15) is 13.2 Å². The quantitative estimate of drug-likeness (QED) is 0.208. The lowest BCUT2D eigenvalue weighted by atomic mass is 9.94. The maximum absolute atomic E-state index is 15.6. The van der Waals surface area contributed by atoms with Gasteiger partial charge in [0.1, 0.15) is 23.2 Å². The van der Waals surface area contributed by atoms with E-state index in [1.807, 2.05) is 30.3 Å². The highest BCUT2D eigenvalue weighted by molar-refractivity contribution is 5.93. The second kappa shape index (κ2) is 10.4. The number of fused-ring (bicyclic) bond motifs is 1. The molecule has 3 aromatic carbocycles. The number of nitrogens with zero attached hydrogens (tertiary/aromatic N) is 4. The minimum Gasteiger partial charge on any atom is -0.435 e. The van der Waals surface area contributed by atoms with Gasteiger partial charge in [0, 0.05) is 24.8 Å². The molecule has 0 saturated heterocycles. The van der Waals surface area contributed by atoms with Gasteiger partial charge in [-0.15, -0.1) is 10.2 Å². The van der Waals surface area contributed by atoms with Crippen molar-refractivity contribution in [3.63, 3.8) is 0 Å². The van der Waals surface area contributed by atoms with Gasteiger partial charge in [-0.1, -0.05) is 62.1 Å². The van der Waals surface area contributed by atoms with E-state index >= 15 is 4.39 Å². The molecule has 0 unspecified atom stereocenters. The van der Waals surface area contributed by atoms with E-state index in [2.05, 4.69) is 20.5 Å². The second-order valence-corrected chi connectivity index (χ2v) is 10.2. The van der Waals surface area contributed by atoms with Crippen LogP contribution in [0.1, 0.15) is 37.7 Å². The van der Waals surface area contributed by atoms with E-state index in [-0.39, 0.29) is 17.0 Å². The van der Waals surface area contributed by atoms with Gasteiger partial charge in [-0.3, -0.25) is 0 Å². The van der Waals surface area contributed by atoms with E-state index in [1.54, 1.807) is 17.7 Å². The van der Waals surface area contributed by atoms with Crippen LogP contribution in [0.4, 0.5) is 23.2 Å². The lowest BCUT2D eigenvalue weighted by molar-refractivity contribution is -0.136. The smallest absolute Gasteiger partial charge is 0.420 e. The molecule has 0 amide bonds. The summed E-state index contributed by atoms with van der Waals surface area (Å²) in [5.74, 6) is -0.0543. The van der Waals surface area contributed by atoms with Gasteiger partial charge in [0.25, 0.3) is 0 Å². The Bertz CT molecular complexity index is 1650. The van der Waals surface area contributed by atoms with Crippen molar-refractivity contribution in [3.8, 4) is 34.0 Å². The fraction of sp³-hybridized carbons (Fsp3) is 0.300. The van der Waals surface area contributed by atoms with Gasteiger partial charge in [-0.25, -0.2) is 9.37 Å². The number of rotatable bonds is 7. The van der Waals surface area contributed by atoms with Crippen LogP contribution in [0, 0.1) is 11.7 Å². The molecule has 6 nitrogen and oxygen atoms in total. The minimum atomic E-state index is -4.70. The van der Waals surface area contributed by atoms with E-state index in [4.69, 9.17) is 4.42 Å². The number of hydrogen-bond donors (Lipinski definition) is 1. The van der Waals surface area contributed by atoms with Crippen LogP contribution in [0.5, 0.6) is 0 Å². The highest BCUT2D eigenvalue weighted by Gasteiger charge is 2.36. The summed E-state index contributed by atoms with van der Waals surface area (Å²) in [4.78, 5) is 4.40. The molecule has 2 heterocycles. The maximum Gasteiger partial charge on any atom is 0.420 e. The Hall–Kier alpha value is -4.21. The number of aryl methyl sites for hydroxylation is 1. The molecule has 0 aliphatic heterocycles. The zero-order valence-electron chi connectivity index (χ0n) is 21.8. The predicted octanol–water partition coefficient (Wildman–Crippen LogP) is 8.11. The van der Waals surface area contributed by atoms with E-state index in [0.29, 0.717) is 35.1 Å². The third-order valence-corrected chi connectivity index (χ3v) is 7.54. The normalized spacial score (nSPS) is 14.3. The van der Waals surface area contributed by atoms with Crippen LogP contribution in [0.15, 0.2) is 65.3 Å². The topological polar surface area (TPSA) is 68.8 Å². The molecule has 1 aliphatic rings. The van der Waals surface area contributed by atoms with Crippen LogP contribution >= 0.6 is 0 Å². The zero-order chi connectivity index (χ0) is 27.9. The monoisotopic (exact) mass is 549 g/mol. The molecular weight excluding hydrogens is 522 g/mol. The average Bonchev–Trinajstić information content (AvgIpc) is 3.69. The number of aromatic nitrogens is 4. The molecule has 1 aliphatic carbocycles. The van der Waals surface area contributed by atoms with Crippen molar-refractivity contribution in [1.82, 2.24) is 19.7 Å². The number of anilines is 1. The maximum atomic E-state index is 15.6. The van der Waals surface area contributed by atoms with Gasteiger partial charge in [0.15, 0.2) is 11.4 Å². The molecule has 1 N–H and O–H groups in total. The summed E-state index contributed by atoms with van der Waals surface area (Å²) in [7, 11) is 1.70. The summed E-state index contributed by atoms with van der Waals surface area (Å²) in [6.07, 6.45) is 2.38. The van der Waals surface area contributed by atoms with Gasteiger partial charge in [-0.05, 0) is 41.7 Å². The molecular formula is C30H27F4N5O. The Labute approximate surface area is 228 Å². The molecule has 206 valence electrons. The first kappa shape index (κ1) is 26.0. The summed E-state index contributed by atoms with van der Waals surface area (Å²) in [5, 5.41) is 11.2. The van der Waals surface area contributed by atoms with Crippen LogP contribution in [0.2, 0.25) is 0 Å². The van der Waals surface area contributed by atoms with Crippen LogP contribution in [-0.2, 0) is 13.2 Å². The number of alkyl halides is 3. The van der Waals surface area contributed by atoms with Crippen LogP contribution in [0.3, 0.4) is 0 Å². The molecule has 0 spiro atoms. The summed E-state index contributed by atoms with van der Waals surface area (Å²) >= 11 is 0. The van der Waals surface area contributed by atoms with Crippen molar-refractivity contribution in [1.29, 1.82) is 0 Å². The first-order valence-corrected chi connectivity index (χ1v) is 13.3. The molecule has 0 bridgehead atoms. The van der Waals surface area contributed by atoms with Crippen molar-refractivity contribution in [2.24, 2.45) is 13.0 Å².